The summed E-state index contributed by atoms with van der Waals surface area (Å²) in [4.78, 5) is 15.7. The van der Waals surface area contributed by atoms with Crippen molar-refractivity contribution in [1.82, 2.24) is 29.5 Å². The molecule has 0 aliphatic heterocycles. The molecule has 1 aromatic carbocycles. The highest BCUT2D eigenvalue weighted by molar-refractivity contribution is 7.90. The minimum absolute atomic E-state index is 0.0912. The molecule has 1 N–H and O–H groups in total. The van der Waals surface area contributed by atoms with E-state index in [1.807, 2.05) is 0 Å². The van der Waals surface area contributed by atoms with Crippen molar-refractivity contribution in [1.29, 1.82) is 0 Å². The third kappa shape index (κ3) is 3.42. The summed E-state index contributed by atoms with van der Waals surface area (Å²) < 4.78 is 62.7. The van der Waals surface area contributed by atoms with Gasteiger partial charge in [0.05, 0.1) is 17.6 Å². The van der Waals surface area contributed by atoms with Crippen LogP contribution in [0.25, 0.3) is 28.2 Å². The number of rotatable bonds is 4. The molecular weight excluding hydrogens is 397 g/mol. The van der Waals surface area contributed by atoms with Crippen molar-refractivity contribution >= 4 is 26.6 Å². The molecule has 0 saturated carbocycles. The molecule has 0 aliphatic carbocycles. The Labute approximate surface area is 156 Å². The van der Waals surface area contributed by atoms with Crippen LogP contribution >= 0.6 is 0 Å². The first-order chi connectivity index (χ1) is 13.1. The zero-order valence-electron chi connectivity index (χ0n) is 14.4. The number of aromatic nitrogens is 6. The molecule has 0 unspecified atom stereocenters. The number of aryl methyl sites for hydroxylation is 1. The SMILES string of the molecule is CS(=O)(=O)CCc1nc2nc[nH]c2c2nc(-c3ccc(C(F)(F)F)cc3)nn12. The second-order valence-corrected chi connectivity index (χ2v) is 8.51. The number of sulfone groups is 1. The molecule has 3 aromatic heterocycles. The van der Waals surface area contributed by atoms with Crippen LogP contribution < -0.4 is 0 Å². The van der Waals surface area contributed by atoms with E-state index >= 15 is 0 Å². The molecule has 0 amide bonds. The summed E-state index contributed by atoms with van der Waals surface area (Å²) in [5, 5.41) is 4.32. The Hall–Kier alpha value is -3.02. The number of hydrogen-bond donors (Lipinski definition) is 1. The first-order valence-corrected chi connectivity index (χ1v) is 10.1. The lowest BCUT2D eigenvalue weighted by atomic mass is 10.1. The molecule has 8 nitrogen and oxygen atoms in total. The number of halogens is 3. The highest BCUT2D eigenvalue weighted by Gasteiger charge is 2.30. The van der Waals surface area contributed by atoms with E-state index in [0.717, 1.165) is 18.4 Å². The molecule has 0 atom stereocenters. The first-order valence-electron chi connectivity index (χ1n) is 8.06. The summed E-state index contributed by atoms with van der Waals surface area (Å²) in [5.74, 6) is 0.393. The van der Waals surface area contributed by atoms with Gasteiger partial charge in [0.15, 0.2) is 17.1 Å². The lowest BCUT2D eigenvalue weighted by Crippen LogP contribution is -2.11. The molecule has 12 heteroatoms. The molecular formula is C16H13F3N6O2S. The van der Waals surface area contributed by atoms with Gasteiger partial charge in [-0.05, 0) is 12.1 Å². The largest absolute Gasteiger partial charge is 0.416 e. The monoisotopic (exact) mass is 410 g/mol. The summed E-state index contributed by atoms with van der Waals surface area (Å²) in [7, 11) is -3.23. The number of alkyl halides is 3. The summed E-state index contributed by atoms with van der Waals surface area (Å²) in [6.07, 6.45) is -1.81. The van der Waals surface area contributed by atoms with Crippen molar-refractivity contribution in [3.8, 4) is 11.4 Å². The first kappa shape index (κ1) is 18.3. The normalized spacial score (nSPS) is 12.9. The fraction of sp³-hybridized carbons (Fsp3) is 0.250. The van der Waals surface area contributed by atoms with Gasteiger partial charge in [0, 0.05) is 18.2 Å². The number of nitrogens with one attached hydrogen (secondary N) is 1. The Morgan fingerprint density at radius 3 is 2.50 bits per heavy atom. The highest BCUT2D eigenvalue weighted by Crippen LogP contribution is 2.30. The van der Waals surface area contributed by atoms with Gasteiger partial charge in [-0.15, -0.1) is 5.10 Å². The maximum absolute atomic E-state index is 12.8. The van der Waals surface area contributed by atoms with Crippen LogP contribution in [0.1, 0.15) is 11.4 Å². The second-order valence-electron chi connectivity index (χ2n) is 6.25. The minimum atomic E-state index is -4.43. The van der Waals surface area contributed by atoms with Crippen molar-refractivity contribution in [2.45, 2.75) is 12.6 Å². The van der Waals surface area contributed by atoms with Crippen LogP contribution in [0.5, 0.6) is 0 Å². The fourth-order valence-electron chi connectivity index (χ4n) is 2.73. The quantitative estimate of drug-likeness (QED) is 0.553. The van der Waals surface area contributed by atoms with Crippen LogP contribution in [0.15, 0.2) is 30.6 Å². The van der Waals surface area contributed by atoms with E-state index in [1.54, 1.807) is 0 Å². The van der Waals surface area contributed by atoms with E-state index in [2.05, 4.69) is 25.0 Å². The molecule has 0 saturated heterocycles. The van der Waals surface area contributed by atoms with Crippen molar-refractivity contribution in [2.75, 3.05) is 12.0 Å². The predicted octanol–water partition coefficient (Wildman–Crippen LogP) is 2.27. The number of fused-ring (bicyclic) bond motifs is 3. The van der Waals surface area contributed by atoms with Gasteiger partial charge < -0.3 is 4.98 Å². The Bertz CT molecular complexity index is 1280. The second kappa shape index (κ2) is 6.26. The number of H-pyrrole nitrogens is 1. The molecule has 3 heterocycles. The molecule has 4 aromatic rings. The molecule has 4 rings (SSSR count). The molecule has 0 fully saturated rings. The van der Waals surface area contributed by atoms with Gasteiger partial charge in [-0.1, -0.05) is 12.1 Å². The van der Waals surface area contributed by atoms with Gasteiger partial charge in [0.1, 0.15) is 21.2 Å². The van der Waals surface area contributed by atoms with Crippen LogP contribution in [0, 0.1) is 0 Å². The fourth-order valence-corrected chi connectivity index (χ4v) is 3.28. The topological polar surface area (TPSA) is 106 Å². The highest BCUT2D eigenvalue weighted by atomic mass is 32.2. The molecule has 0 spiro atoms. The van der Waals surface area contributed by atoms with Crippen LogP contribution in [-0.4, -0.2) is 50.0 Å². The summed E-state index contributed by atoms with van der Waals surface area (Å²) >= 11 is 0. The van der Waals surface area contributed by atoms with Crippen molar-refractivity contribution in [3.05, 3.63) is 42.0 Å². The van der Waals surface area contributed by atoms with Crippen LogP contribution in [0.4, 0.5) is 13.2 Å². The van der Waals surface area contributed by atoms with E-state index in [4.69, 9.17) is 0 Å². The molecule has 28 heavy (non-hydrogen) atoms. The number of benzene rings is 1. The summed E-state index contributed by atoms with van der Waals surface area (Å²) in [6, 6.07) is 4.47. The van der Waals surface area contributed by atoms with Gasteiger partial charge in [-0.2, -0.15) is 17.7 Å². The summed E-state index contributed by atoms with van der Waals surface area (Å²) in [5.41, 5.74) is 0.821. The van der Waals surface area contributed by atoms with E-state index in [-0.39, 0.29) is 18.0 Å². The smallest absolute Gasteiger partial charge is 0.340 e. The molecule has 0 radical (unpaired) electrons. The van der Waals surface area contributed by atoms with Crippen LogP contribution in [-0.2, 0) is 22.4 Å². The van der Waals surface area contributed by atoms with Gasteiger partial charge in [0.25, 0.3) is 0 Å². The Morgan fingerprint density at radius 1 is 1.14 bits per heavy atom. The van der Waals surface area contributed by atoms with Gasteiger partial charge in [-0.3, -0.25) is 0 Å². The van der Waals surface area contributed by atoms with E-state index < -0.39 is 21.6 Å². The average molecular weight is 410 g/mol. The van der Waals surface area contributed by atoms with Crippen LogP contribution in [0.2, 0.25) is 0 Å². The maximum Gasteiger partial charge on any atom is 0.416 e. The Balaban J connectivity index is 1.83. The molecule has 0 bridgehead atoms. The maximum atomic E-state index is 12.8. The van der Waals surface area contributed by atoms with Crippen LogP contribution in [0.3, 0.4) is 0 Å². The third-order valence-electron chi connectivity index (χ3n) is 4.10. The lowest BCUT2D eigenvalue weighted by molar-refractivity contribution is -0.137. The number of aromatic amines is 1. The van der Waals surface area contributed by atoms with Gasteiger partial charge in [0.2, 0.25) is 0 Å². The predicted molar refractivity (Wildman–Crippen MR) is 94.3 cm³/mol. The lowest BCUT2D eigenvalue weighted by Gasteiger charge is -2.06. The Morgan fingerprint density at radius 2 is 1.86 bits per heavy atom. The minimum Gasteiger partial charge on any atom is -0.340 e. The van der Waals surface area contributed by atoms with E-state index in [1.165, 1.54) is 23.0 Å². The third-order valence-corrected chi connectivity index (χ3v) is 5.04. The number of hydrogen-bond acceptors (Lipinski definition) is 6. The van der Waals surface area contributed by atoms with Crippen molar-refractivity contribution in [2.24, 2.45) is 0 Å². The van der Waals surface area contributed by atoms with Crippen molar-refractivity contribution < 1.29 is 21.6 Å². The standard InChI is InChI=1S/C16H13F3N6O2S/c1-28(26,27)7-6-11-22-14-12(20-8-21-14)15-23-13(24-25(11)15)9-2-4-10(5-3-9)16(17,18)19/h2-5,8H,6-7H2,1H3,(H,20,21). The molecule has 0 aliphatic rings. The number of nitrogens with zero attached hydrogens (tertiary/aromatic N) is 5. The Kier molecular flexibility index (Phi) is 4.10. The molecule has 146 valence electrons. The van der Waals surface area contributed by atoms with Crippen molar-refractivity contribution in [3.63, 3.8) is 0 Å². The van der Waals surface area contributed by atoms with Gasteiger partial charge in [-0.25, -0.2) is 23.4 Å². The van der Waals surface area contributed by atoms with E-state index in [9.17, 15) is 21.6 Å². The zero-order chi connectivity index (χ0) is 20.1. The summed E-state index contributed by atoms with van der Waals surface area (Å²) in [6.45, 7) is 0. The zero-order valence-corrected chi connectivity index (χ0v) is 15.2. The van der Waals surface area contributed by atoms with Gasteiger partial charge >= 0.3 is 6.18 Å². The average Bonchev–Trinajstić information content (AvgIpc) is 3.24. The number of imidazole rings is 1. The van der Waals surface area contributed by atoms with E-state index in [0.29, 0.717) is 28.2 Å².